The van der Waals surface area contributed by atoms with Crippen LogP contribution in [0.2, 0.25) is 0 Å². The maximum Gasteiger partial charge on any atom is 0.229 e. The van der Waals surface area contributed by atoms with Crippen molar-refractivity contribution in [1.82, 2.24) is 14.5 Å². The van der Waals surface area contributed by atoms with Gasteiger partial charge in [0.05, 0.1) is 6.20 Å². The van der Waals surface area contributed by atoms with Crippen molar-refractivity contribution in [1.29, 1.82) is 0 Å². The van der Waals surface area contributed by atoms with Crippen molar-refractivity contribution < 1.29 is 5.11 Å². The summed E-state index contributed by atoms with van der Waals surface area (Å²) in [7, 11) is 1.86. The van der Waals surface area contributed by atoms with Crippen molar-refractivity contribution in [2.24, 2.45) is 7.05 Å². The van der Waals surface area contributed by atoms with Gasteiger partial charge >= 0.3 is 0 Å². The number of hydrogen-bond acceptors (Lipinski definition) is 3. The Hall–Kier alpha value is -1.84. The minimum atomic E-state index is 0.0615. The largest absolute Gasteiger partial charge is 0.492 e. The molecule has 72 valence electrons. The molecule has 0 saturated carbocycles. The normalized spacial score (nSPS) is 10.4. The van der Waals surface area contributed by atoms with E-state index in [1.165, 1.54) is 0 Å². The zero-order chi connectivity index (χ0) is 9.97. The summed E-state index contributed by atoms with van der Waals surface area (Å²) in [5.74, 6) is 0.891. The fraction of sp³-hybridized carbons (Fsp3) is 0.200. The molecule has 1 N–H and O–H groups in total. The molecule has 0 aliphatic carbocycles. The molecule has 0 bridgehead atoms. The average molecular weight is 189 g/mol. The lowest BCUT2D eigenvalue weighted by Gasteiger charge is -1.99. The summed E-state index contributed by atoms with van der Waals surface area (Å²) < 4.78 is 1.81. The monoisotopic (exact) mass is 189 g/mol. The predicted molar refractivity (Wildman–Crippen MR) is 51.9 cm³/mol. The molecule has 0 atom stereocenters. The number of imidazole rings is 1. The fourth-order valence-corrected chi connectivity index (χ4v) is 1.34. The summed E-state index contributed by atoms with van der Waals surface area (Å²) in [6.07, 6.45) is 5.81. The summed E-state index contributed by atoms with van der Waals surface area (Å²) in [6.45, 7) is 0. The third-order valence-electron chi connectivity index (χ3n) is 2.04. The maximum atomic E-state index is 9.16. The Morgan fingerprint density at radius 1 is 1.50 bits per heavy atom. The van der Waals surface area contributed by atoms with Gasteiger partial charge in [0.15, 0.2) is 0 Å². The minimum Gasteiger partial charge on any atom is -0.492 e. The smallest absolute Gasteiger partial charge is 0.229 e. The summed E-state index contributed by atoms with van der Waals surface area (Å²) in [4.78, 5) is 8.01. The Bertz CT molecular complexity index is 422. The van der Waals surface area contributed by atoms with Crippen LogP contribution in [0.4, 0.5) is 0 Å². The molecule has 0 aliphatic heterocycles. The molecule has 0 amide bonds. The first-order valence-corrected chi connectivity index (χ1v) is 4.36. The van der Waals surface area contributed by atoms with Gasteiger partial charge < -0.3 is 9.67 Å². The first-order chi connectivity index (χ1) is 6.75. The zero-order valence-corrected chi connectivity index (χ0v) is 7.88. The van der Waals surface area contributed by atoms with Gasteiger partial charge in [0, 0.05) is 25.9 Å². The van der Waals surface area contributed by atoms with Crippen LogP contribution in [-0.4, -0.2) is 19.6 Å². The van der Waals surface area contributed by atoms with Gasteiger partial charge in [-0.3, -0.25) is 4.98 Å². The number of hydrogen-bond donors (Lipinski definition) is 1. The Balaban J connectivity index is 2.23. The van der Waals surface area contributed by atoms with E-state index in [1.54, 1.807) is 18.6 Å². The topological polar surface area (TPSA) is 50.9 Å². The zero-order valence-electron chi connectivity index (χ0n) is 7.88. The molecule has 14 heavy (non-hydrogen) atoms. The van der Waals surface area contributed by atoms with Crippen LogP contribution in [0.15, 0.2) is 30.7 Å². The molecule has 0 radical (unpaired) electrons. The van der Waals surface area contributed by atoms with Gasteiger partial charge in [-0.2, -0.15) is 4.98 Å². The Morgan fingerprint density at radius 3 is 2.93 bits per heavy atom. The lowest BCUT2D eigenvalue weighted by molar-refractivity contribution is 0.455. The van der Waals surface area contributed by atoms with Gasteiger partial charge in [-0.25, -0.2) is 0 Å². The Kier molecular flexibility index (Phi) is 2.18. The van der Waals surface area contributed by atoms with E-state index in [4.69, 9.17) is 5.11 Å². The molecular weight excluding hydrogens is 178 g/mol. The lowest BCUT2D eigenvalue weighted by atomic mass is 10.2. The van der Waals surface area contributed by atoms with Gasteiger partial charge in [-0.1, -0.05) is 6.07 Å². The number of aromatic nitrogens is 3. The van der Waals surface area contributed by atoms with Gasteiger partial charge in [0.25, 0.3) is 0 Å². The molecule has 2 aromatic heterocycles. The van der Waals surface area contributed by atoms with E-state index in [1.807, 2.05) is 23.7 Å². The molecule has 0 fully saturated rings. The van der Waals surface area contributed by atoms with E-state index in [-0.39, 0.29) is 5.88 Å². The molecule has 0 saturated heterocycles. The summed E-state index contributed by atoms with van der Waals surface area (Å²) in [5, 5.41) is 9.16. The maximum absolute atomic E-state index is 9.16. The highest BCUT2D eigenvalue weighted by Gasteiger charge is 2.04. The number of rotatable bonds is 2. The first kappa shape index (κ1) is 8.74. The van der Waals surface area contributed by atoms with Gasteiger partial charge in [-0.05, 0) is 11.6 Å². The van der Waals surface area contributed by atoms with Crippen molar-refractivity contribution in [3.8, 4) is 5.88 Å². The van der Waals surface area contributed by atoms with Crippen LogP contribution >= 0.6 is 0 Å². The van der Waals surface area contributed by atoms with Crippen LogP contribution in [-0.2, 0) is 13.5 Å². The van der Waals surface area contributed by atoms with Crippen molar-refractivity contribution in [3.05, 3.63) is 42.1 Å². The quantitative estimate of drug-likeness (QED) is 0.770. The molecule has 2 rings (SSSR count). The minimum absolute atomic E-state index is 0.0615. The van der Waals surface area contributed by atoms with Crippen LogP contribution in [0, 0.1) is 0 Å². The van der Waals surface area contributed by atoms with Crippen molar-refractivity contribution in [2.75, 3.05) is 0 Å². The summed E-state index contributed by atoms with van der Waals surface area (Å²) >= 11 is 0. The third kappa shape index (κ3) is 1.74. The van der Waals surface area contributed by atoms with Crippen molar-refractivity contribution >= 4 is 0 Å². The van der Waals surface area contributed by atoms with Gasteiger partial charge in [0.2, 0.25) is 5.88 Å². The van der Waals surface area contributed by atoms with Crippen molar-refractivity contribution in [3.63, 3.8) is 0 Å². The van der Waals surface area contributed by atoms with E-state index in [2.05, 4.69) is 9.97 Å². The van der Waals surface area contributed by atoms with Crippen LogP contribution in [0.3, 0.4) is 0 Å². The molecule has 0 unspecified atom stereocenters. The molecule has 2 aromatic rings. The fourth-order valence-electron chi connectivity index (χ4n) is 1.34. The lowest BCUT2D eigenvalue weighted by Crippen LogP contribution is -1.98. The second-order valence-electron chi connectivity index (χ2n) is 3.16. The molecule has 0 spiro atoms. The van der Waals surface area contributed by atoms with E-state index < -0.39 is 0 Å². The standard InChI is InChI=1S/C10H11N3O/c1-13-7-10(14)12-9(13)5-8-3-2-4-11-6-8/h2-4,6-7,14H,5H2,1H3. The molecule has 0 aromatic carbocycles. The number of aromatic hydroxyl groups is 1. The molecular formula is C10H11N3O. The summed E-state index contributed by atoms with van der Waals surface area (Å²) in [6, 6.07) is 3.87. The SMILES string of the molecule is Cn1cc(O)nc1Cc1cccnc1. The molecule has 4 nitrogen and oxygen atoms in total. The second-order valence-corrected chi connectivity index (χ2v) is 3.16. The molecule has 2 heterocycles. The number of pyridine rings is 1. The Labute approximate surface area is 81.9 Å². The summed E-state index contributed by atoms with van der Waals surface area (Å²) in [5.41, 5.74) is 1.08. The van der Waals surface area contributed by atoms with Crippen LogP contribution in [0.25, 0.3) is 0 Å². The average Bonchev–Trinajstić information content (AvgIpc) is 2.47. The van der Waals surface area contributed by atoms with E-state index in [9.17, 15) is 0 Å². The second kappa shape index (κ2) is 3.49. The third-order valence-corrected chi connectivity index (χ3v) is 2.04. The molecule has 0 aliphatic rings. The van der Waals surface area contributed by atoms with E-state index >= 15 is 0 Å². The van der Waals surface area contributed by atoms with Gasteiger partial charge in [0.1, 0.15) is 5.82 Å². The van der Waals surface area contributed by atoms with Crippen LogP contribution in [0.1, 0.15) is 11.4 Å². The first-order valence-electron chi connectivity index (χ1n) is 4.36. The van der Waals surface area contributed by atoms with E-state index in [0.29, 0.717) is 6.42 Å². The van der Waals surface area contributed by atoms with Gasteiger partial charge in [-0.15, -0.1) is 0 Å². The van der Waals surface area contributed by atoms with E-state index in [0.717, 1.165) is 11.4 Å². The number of nitrogens with zero attached hydrogens (tertiary/aromatic N) is 3. The predicted octanol–water partition coefficient (Wildman–Crippen LogP) is 1.11. The molecule has 4 heteroatoms. The Morgan fingerprint density at radius 2 is 2.36 bits per heavy atom. The highest BCUT2D eigenvalue weighted by Crippen LogP contribution is 2.11. The highest BCUT2D eigenvalue weighted by molar-refractivity contribution is 5.17. The van der Waals surface area contributed by atoms with Crippen LogP contribution < -0.4 is 0 Å². The number of aryl methyl sites for hydroxylation is 1. The van der Waals surface area contributed by atoms with Crippen molar-refractivity contribution in [2.45, 2.75) is 6.42 Å². The van der Waals surface area contributed by atoms with Crippen LogP contribution in [0.5, 0.6) is 5.88 Å². The highest BCUT2D eigenvalue weighted by atomic mass is 16.3.